The minimum Gasteiger partial charge on any atom is -0.491 e. The Bertz CT molecular complexity index is 1160. The number of carbonyl (C=O) groups excluding carboxylic acids is 1. The molecule has 5 N–H and O–H groups in total. The zero-order chi connectivity index (χ0) is 20.0. The summed E-state index contributed by atoms with van der Waals surface area (Å²) in [7, 11) is 0. The number of amides is 1. The molecule has 1 amide bonds. The van der Waals surface area contributed by atoms with Gasteiger partial charge < -0.3 is 26.1 Å². The van der Waals surface area contributed by atoms with Crippen molar-refractivity contribution in [1.82, 2.24) is 4.98 Å². The Hall–Kier alpha value is -3.66. The highest BCUT2D eigenvalue weighted by molar-refractivity contribution is 6.06. The van der Waals surface area contributed by atoms with Crippen LogP contribution in [0.3, 0.4) is 0 Å². The van der Waals surface area contributed by atoms with Crippen molar-refractivity contribution >= 4 is 28.2 Å². The van der Waals surface area contributed by atoms with Gasteiger partial charge in [-0.15, -0.1) is 0 Å². The molecule has 1 aliphatic carbocycles. The van der Waals surface area contributed by atoms with E-state index in [1.54, 1.807) is 6.07 Å². The zero-order valence-corrected chi connectivity index (χ0v) is 15.8. The molecule has 0 spiro atoms. The largest absolute Gasteiger partial charge is 0.491 e. The maximum absolute atomic E-state index is 11.9. The summed E-state index contributed by atoms with van der Waals surface area (Å²) in [4.78, 5) is 15.3. The van der Waals surface area contributed by atoms with E-state index in [0.29, 0.717) is 24.6 Å². The summed E-state index contributed by atoms with van der Waals surface area (Å²) in [5.74, 6) is 0.721. The van der Waals surface area contributed by atoms with E-state index < -0.39 is 0 Å². The van der Waals surface area contributed by atoms with E-state index in [1.807, 2.05) is 30.3 Å². The molecule has 1 aromatic heterocycles. The van der Waals surface area contributed by atoms with E-state index in [-0.39, 0.29) is 11.9 Å². The number of primary amides is 1. The summed E-state index contributed by atoms with van der Waals surface area (Å²) < 4.78 is 5.98. The topological polar surface area (TPSA) is 116 Å². The summed E-state index contributed by atoms with van der Waals surface area (Å²) in [5.41, 5.74) is 10.7. The number of ether oxygens (including phenoxy) is 1. The van der Waals surface area contributed by atoms with Gasteiger partial charge in [-0.1, -0.05) is 12.1 Å². The third-order valence-electron chi connectivity index (χ3n) is 5.53. The number of hydrogen-bond acceptors (Lipinski definition) is 5. The molecule has 7 heteroatoms. The molecular formula is C22H21N5O2. The van der Waals surface area contributed by atoms with Crippen molar-refractivity contribution in [3.8, 4) is 23.1 Å². The quantitative estimate of drug-likeness (QED) is 0.537. The number of nitrogens with two attached hydrogens (primary N) is 1. The van der Waals surface area contributed by atoms with Gasteiger partial charge in [-0.3, -0.25) is 4.79 Å². The number of nitriles is 1. The van der Waals surface area contributed by atoms with Crippen LogP contribution < -0.4 is 21.1 Å². The van der Waals surface area contributed by atoms with Gasteiger partial charge in [0.25, 0.3) is 0 Å². The molecular weight excluding hydrogens is 366 g/mol. The molecule has 1 aliphatic heterocycles. The lowest BCUT2D eigenvalue weighted by atomic mass is 10.1. The number of carbonyl (C=O) groups is 1. The highest BCUT2D eigenvalue weighted by atomic mass is 16.5. The van der Waals surface area contributed by atoms with Crippen molar-refractivity contribution < 1.29 is 9.53 Å². The molecule has 5 rings (SSSR count). The summed E-state index contributed by atoms with van der Waals surface area (Å²) in [5, 5.41) is 17.0. The first-order valence-corrected chi connectivity index (χ1v) is 9.77. The smallest absolute Gasteiger partial charge is 0.240 e. The molecule has 2 heterocycles. The number of H-pyrrole nitrogens is 1. The zero-order valence-electron chi connectivity index (χ0n) is 15.8. The van der Waals surface area contributed by atoms with Gasteiger partial charge in [-0.2, -0.15) is 5.26 Å². The molecule has 1 saturated carbocycles. The Morgan fingerprint density at radius 2 is 2.17 bits per heavy atom. The second-order valence-electron chi connectivity index (χ2n) is 7.60. The molecule has 7 nitrogen and oxygen atoms in total. The first kappa shape index (κ1) is 17.4. The van der Waals surface area contributed by atoms with Gasteiger partial charge in [-0.05, 0) is 37.0 Å². The maximum atomic E-state index is 11.9. The number of anilines is 2. The van der Waals surface area contributed by atoms with Crippen molar-refractivity contribution in [3.63, 3.8) is 0 Å². The fourth-order valence-electron chi connectivity index (χ4n) is 4.00. The molecule has 29 heavy (non-hydrogen) atoms. The van der Waals surface area contributed by atoms with Gasteiger partial charge in [0.15, 0.2) is 0 Å². The molecule has 1 atom stereocenters. The Balaban J connectivity index is 1.62. The number of aromatic amines is 1. The molecule has 2 aliphatic rings. The normalized spacial score (nSPS) is 16.2. The van der Waals surface area contributed by atoms with Gasteiger partial charge in [0.05, 0.1) is 33.9 Å². The van der Waals surface area contributed by atoms with Gasteiger partial charge in [0, 0.05) is 23.9 Å². The van der Waals surface area contributed by atoms with E-state index in [1.165, 1.54) is 0 Å². The van der Waals surface area contributed by atoms with Crippen LogP contribution in [0, 0.1) is 17.2 Å². The van der Waals surface area contributed by atoms with Crippen LogP contribution in [-0.2, 0) is 4.79 Å². The predicted molar refractivity (Wildman–Crippen MR) is 112 cm³/mol. The summed E-state index contributed by atoms with van der Waals surface area (Å²) in [6, 6.07) is 13.2. The molecule has 1 fully saturated rings. The second-order valence-corrected chi connectivity index (χ2v) is 7.60. The summed E-state index contributed by atoms with van der Waals surface area (Å²) in [6.07, 6.45) is 2.03. The SMILES string of the molecule is N#Cc1cccc(-c2[nH]c3cc(N[C@H](C(N)=O)C4CC4)cc4c3c2NCCO4)c1. The van der Waals surface area contributed by atoms with E-state index in [4.69, 9.17) is 10.5 Å². The highest BCUT2D eigenvalue weighted by Crippen LogP contribution is 2.43. The molecule has 0 bridgehead atoms. The van der Waals surface area contributed by atoms with Crippen LogP contribution >= 0.6 is 0 Å². The first-order chi connectivity index (χ1) is 14.1. The van der Waals surface area contributed by atoms with Crippen molar-refractivity contribution in [2.24, 2.45) is 11.7 Å². The highest BCUT2D eigenvalue weighted by Gasteiger charge is 2.35. The Kier molecular flexibility index (Phi) is 4.06. The van der Waals surface area contributed by atoms with E-state index in [9.17, 15) is 10.1 Å². The summed E-state index contributed by atoms with van der Waals surface area (Å²) in [6.45, 7) is 1.20. The van der Waals surface area contributed by atoms with Crippen LogP contribution in [0.15, 0.2) is 36.4 Å². The number of rotatable bonds is 5. The summed E-state index contributed by atoms with van der Waals surface area (Å²) >= 11 is 0. The number of hydrogen-bond donors (Lipinski definition) is 4. The van der Waals surface area contributed by atoms with Crippen LogP contribution in [0.5, 0.6) is 5.75 Å². The third-order valence-corrected chi connectivity index (χ3v) is 5.53. The fourth-order valence-corrected chi connectivity index (χ4v) is 4.00. The number of nitrogens with zero attached hydrogens (tertiary/aromatic N) is 1. The Morgan fingerprint density at radius 1 is 1.31 bits per heavy atom. The minimum atomic E-state index is -0.371. The minimum absolute atomic E-state index is 0.299. The standard InChI is InChI=1S/C22H21N5O2/c23-11-12-2-1-3-14(8-12)19-21-18-16(27-19)9-15(10-17(18)29-7-6-25-21)26-20(22(24)28)13-4-5-13/h1-3,8-10,13,20,25-27H,4-7H2,(H2,24,28)/t20-/m0/s1. The van der Waals surface area contributed by atoms with E-state index in [0.717, 1.165) is 52.1 Å². The lowest BCUT2D eigenvalue weighted by molar-refractivity contribution is -0.119. The maximum Gasteiger partial charge on any atom is 0.240 e. The van der Waals surface area contributed by atoms with Crippen LogP contribution in [-0.4, -0.2) is 30.1 Å². The van der Waals surface area contributed by atoms with Gasteiger partial charge >= 0.3 is 0 Å². The monoisotopic (exact) mass is 387 g/mol. The molecule has 146 valence electrons. The molecule has 0 saturated heterocycles. The van der Waals surface area contributed by atoms with Crippen molar-refractivity contribution in [1.29, 1.82) is 5.26 Å². The van der Waals surface area contributed by atoms with Crippen LogP contribution in [0.4, 0.5) is 11.4 Å². The number of benzene rings is 2. The fraction of sp³-hybridized carbons (Fsp3) is 0.273. The lowest BCUT2D eigenvalue weighted by Gasteiger charge is -2.17. The van der Waals surface area contributed by atoms with Crippen molar-refractivity contribution in [2.45, 2.75) is 18.9 Å². The molecule has 0 radical (unpaired) electrons. The van der Waals surface area contributed by atoms with E-state index in [2.05, 4.69) is 21.7 Å². The van der Waals surface area contributed by atoms with Crippen molar-refractivity contribution in [3.05, 3.63) is 42.0 Å². The van der Waals surface area contributed by atoms with Crippen LogP contribution in [0.2, 0.25) is 0 Å². The lowest BCUT2D eigenvalue weighted by Crippen LogP contribution is -2.37. The first-order valence-electron chi connectivity index (χ1n) is 9.77. The Labute approximate surface area is 167 Å². The average Bonchev–Trinajstić information content (AvgIpc) is 3.52. The van der Waals surface area contributed by atoms with Gasteiger partial charge in [-0.25, -0.2) is 0 Å². The molecule has 3 aromatic rings. The second kappa shape index (κ2) is 6.74. The third kappa shape index (κ3) is 3.13. The average molecular weight is 387 g/mol. The van der Waals surface area contributed by atoms with Crippen molar-refractivity contribution in [2.75, 3.05) is 23.8 Å². The molecule has 0 unspecified atom stereocenters. The van der Waals surface area contributed by atoms with Gasteiger partial charge in [0.2, 0.25) is 5.91 Å². The van der Waals surface area contributed by atoms with Gasteiger partial charge in [0.1, 0.15) is 18.4 Å². The van der Waals surface area contributed by atoms with Crippen LogP contribution in [0.25, 0.3) is 22.2 Å². The molecule has 2 aromatic carbocycles. The number of aromatic nitrogens is 1. The predicted octanol–water partition coefficient (Wildman–Crippen LogP) is 3.19. The van der Waals surface area contributed by atoms with E-state index >= 15 is 0 Å². The number of nitrogens with one attached hydrogen (secondary N) is 3. The van der Waals surface area contributed by atoms with Crippen LogP contribution in [0.1, 0.15) is 18.4 Å². The Morgan fingerprint density at radius 3 is 2.93 bits per heavy atom.